The van der Waals surface area contributed by atoms with Crippen molar-refractivity contribution in [3.05, 3.63) is 22.2 Å². The molecule has 0 saturated carbocycles. The Kier molecular flexibility index (Phi) is 6.30. The normalized spacial score (nSPS) is 16.7. The standard InChI is InChI=1S/C17H25BrN2O3/c1-4-23-15-13(18)9-12(10-14(15)22-3)16(21)20-11-17(2)5-7-19-8-6-17/h9-10,19H,4-8,11H2,1-3H3,(H,20,21). The van der Waals surface area contributed by atoms with Gasteiger partial charge in [-0.2, -0.15) is 0 Å². The van der Waals surface area contributed by atoms with Crippen molar-refractivity contribution >= 4 is 21.8 Å². The minimum atomic E-state index is -0.0909. The average molecular weight is 385 g/mol. The first kappa shape index (κ1) is 18.1. The molecule has 128 valence electrons. The summed E-state index contributed by atoms with van der Waals surface area (Å²) in [6.45, 7) is 7.37. The van der Waals surface area contributed by atoms with Crippen LogP contribution in [0.4, 0.5) is 0 Å². The number of piperidine rings is 1. The predicted molar refractivity (Wildman–Crippen MR) is 94.4 cm³/mol. The highest BCUT2D eigenvalue weighted by Gasteiger charge is 2.27. The summed E-state index contributed by atoms with van der Waals surface area (Å²) in [5, 5.41) is 6.41. The molecular weight excluding hydrogens is 360 g/mol. The highest BCUT2D eigenvalue weighted by molar-refractivity contribution is 9.10. The number of rotatable bonds is 6. The monoisotopic (exact) mass is 384 g/mol. The van der Waals surface area contributed by atoms with Gasteiger partial charge in [-0.15, -0.1) is 0 Å². The number of nitrogens with one attached hydrogen (secondary N) is 2. The van der Waals surface area contributed by atoms with Crippen molar-refractivity contribution in [3.63, 3.8) is 0 Å². The van der Waals surface area contributed by atoms with E-state index >= 15 is 0 Å². The minimum absolute atomic E-state index is 0.0909. The maximum Gasteiger partial charge on any atom is 0.251 e. The first-order valence-electron chi connectivity index (χ1n) is 7.98. The molecule has 2 rings (SSSR count). The molecule has 1 amide bonds. The van der Waals surface area contributed by atoms with E-state index in [1.807, 2.05) is 6.92 Å². The van der Waals surface area contributed by atoms with Crippen LogP contribution in [0.5, 0.6) is 11.5 Å². The van der Waals surface area contributed by atoms with Gasteiger partial charge < -0.3 is 20.1 Å². The third-order valence-corrected chi connectivity index (χ3v) is 4.86. The van der Waals surface area contributed by atoms with Gasteiger partial charge in [0.2, 0.25) is 0 Å². The molecular formula is C17H25BrN2O3. The summed E-state index contributed by atoms with van der Waals surface area (Å²) in [5.74, 6) is 1.09. The van der Waals surface area contributed by atoms with E-state index in [4.69, 9.17) is 9.47 Å². The Morgan fingerprint density at radius 1 is 1.39 bits per heavy atom. The summed E-state index contributed by atoms with van der Waals surface area (Å²) < 4.78 is 11.6. The zero-order valence-corrected chi connectivity index (χ0v) is 15.6. The predicted octanol–water partition coefficient (Wildman–Crippen LogP) is 2.98. The largest absolute Gasteiger partial charge is 0.493 e. The molecule has 2 N–H and O–H groups in total. The van der Waals surface area contributed by atoms with Crippen LogP contribution in [-0.2, 0) is 0 Å². The fourth-order valence-electron chi connectivity index (χ4n) is 2.74. The molecule has 1 aromatic rings. The molecule has 0 aromatic heterocycles. The van der Waals surface area contributed by atoms with Crippen LogP contribution in [-0.4, -0.2) is 39.3 Å². The van der Waals surface area contributed by atoms with Crippen molar-refractivity contribution in [1.29, 1.82) is 0 Å². The number of methoxy groups -OCH3 is 1. The molecule has 0 unspecified atom stereocenters. The number of halogens is 1. The fourth-order valence-corrected chi connectivity index (χ4v) is 3.29. The number of ether oxygens (including phenoxy) is 2. The lowest BCUT2D eigenvalue weighted by Gasteiger charge is -2.34. The molecule has 1 fully saturated rings. The third kappa shape index (κ3) is 4.61. The summed E-state index contributed by atoms with van der Waals surface area (Å²) in [6.07, 6.45) is 2.15. The van der Waals surface area contributed by atoms with Crippen LogP contribution in [0.2, 0.25) is 0 Å². The van der Waals surface area contributed by atoms with Gasteiger partial charge in [-0.05, 0) is 66.3 Å². The Hall–Kier alpha value is -1.27. The second-order valence-corrected chi connectivity index (χ2v) is 7.02. The molecule has 0 bridgehead atoms. The molecule has 0 radical (unpaired) electrons. The van der Waals surface area contributed by atoms with Crippen LogP contribution in [0, 0.1) is 5.41 Å². The molecule has 0 aliphatic carbocycles. The summed E-state index contributed by atoms with van der Waals surface area (Å²) in [6, 6.07) is 3.49. The molecule has 6 heteroatoms. The Labute approximate surface area is 146 Å². The second kappa shape index (κ2) is 8.02. The lowest BCUT2D eigenvalue weighted by Crippen LogP contribution is -2.42. The van der Waals surface area contributed by atoms with Crippen molar-refractivity contribution in [2.24, 2.45) is 5.41 Å². The third-order valence-electron chi connectivity index (χ3n) is 4.27. The van der Waals surface area contributed by atoms with E-state index in [0.29, 0.717) is 30.2 Å². The van der Waals surface area contributed by atoms with E-state index in [1.54, 1.807) is 19.2 Å². The first-order valence-corrected chi connectivity index (χ1v) is 8.77. The zero-order chi connectivity index (χ0) is 16.9. The molecule has 1 saturated heterocycles. The number of carbonyl (C=O) groups excluding carboxylic acids is 1. The highest BCUT2D eigenvalue weighted by Crippen LogP contribution is 2.36. The van der Waals surface area contributed by atoms with E-state index in [0.717, 1.165) is 30.4 Å². The van der Waals surface area contributed by atoms with Gasteiger partial charge in [-0.1, -0.05) is 6.92 Å². The maximum absolute atomic E-state index is 12.5. The van der Waals surface area contributed by atoms with E-state index in [2.05, 4.69) is 33.5 Å². The Balaban J connectivity index is 2.08. The zero-order valence-electron chi connectivity index (χ0n) is 14.0. The van der Waals surface area contributed by atoms with Gasteiger partial charge in [0.15, 0.2) is 11.5 Å². The molecule has 5 nitrogen and oxygen atoms in total. The van der Waals surface area contributed by atoms with Crippen molar-refractivity contribution in [3.8, 4) is 11.5 Å². The van der Waals surface area contributed by atoms with Crippen LogP contribution in [0.15, 0.2) is 16.6 Å². The Morgan fingerprint density at radius 3 is 2.70 bits per heavy atom. The summed E-state index contributed by atoms with van der Waals surface area (Å²) in [5.41, 5.74) is 0.725. The first-order chi connectivity index (χ1) is 11.0. The molecule has 1 aliphatic rings. The average Bonchev–Trinajstić information content (AvgIpc) is 2.55. The van der Waals surface area contributed by atoms with Crippen LogP contribution in [0.1, 0.15) is 37.0 Å². The SMILES string of the molecule is CCOc1c(Br)cc(C(=O)NCC2(C)CCNCC2)cc1OC. The number of amides is 1. The molecule has 0 spiro atoms. The lowest BCUT2D eigenvalue weighted by molar-refractivity contribution is 0.0922. The van der Waals surface area contributed by atoms with Crippen LogP contribution < -0.4 is 20.1 Å². The number of carbonyl (C=O) groups is 1. The summed E-state index contributed by atoms with van der Waals surface area (Å²) in [4.78, 5) is 12.5. The van der Waals surface area contributed by atoms with Crippen molar-refractivity contribution < 1.29 is 14.3 Å². The molecule has 0 atom stereocenters. The van der Waals surface area contributed by atoms with E-state index < -0.39 is 0 Å². The quantitative estimate of drug-likeness (QED) is 0.791. The van der Waals surface area contributed by atoms with Gasteiger partial charge in [-0.25, -0.2) is 0 Å². The number of hydrogen-bond acceptors (Lipinski definition) is 4. The number of hydrogen-bond donors (Lipinski definition) is 2. The molecule has 23 heavy (non-hydrogen) atoms. The van der Waals surface area contributed by atoms with Crippen LogP contribution in [0.25, 0.3) is 0 Å². The van der Waals surface area contributed by atoms with E-state index in [1.165, 1.54) is 0 Å². The second-order valence-electron chi connectivity index (χ2n) is 6.17. The van der Waals surface area contributed by atoms with E-state index in [-0.39, 0.29) is 11.3 Å². The van der Waals surface area contributed by atoms with Gasteiger partial charge in [0, 0.05) is 12.1 Å². The minimum Gasteiger partial charge on any atom is -0.493 e. The summed E-state index contributed by atoms with van der Waals surface area (Å²) >= 11 is 3.45. The van der Waals surface area contributed by atoms with Crippen molar-refractivity contribution in [2.45, 2.75) is 26.7 Å². The fraction of sp³-hybridized carbons (Fsp3) is 0.588. The summed E-state index contributed by atoms with van der Waals surface area (Å²) in [7, 11) is 1.57. The van der Waals surface area contributed by atoms with Crippen LogP contribution in [0.3, 0.4) is 0 Å². The van der Waals surface area contributed by atoms with Gasteiger partial charge in [-0.3, -0.25) is 4.79 Å². The number of benzene rings is 1. The smallest absolute Gasteiger partial charge is 0.251 e. The maximum atomic E-state index is 12.5. The highest BCUT2D eigenvalue weighted by atomic mass is 79.9. The lowest BCUT2D eigenvalue weighted by atomic mass is 9.81. The molecule has 1 heterocycles. The Morgan fingerprint density at radius 2 is 2.09 bits per heavy atom. The van der Waals surface area contributed by atoms with Crippen molar-refractivity contribution in [1.82, 2.24) is 10.6 Å². The van der Waals surface area contributed by atoms with E-state index in [9.17, 15) is 4.79 Å². The molecule has 1 aliphatic heterocycles. The molecule has 1 aromatic carbocycles. The Bertz CT molecular complexity index is 557. The van der Waals surface area contributed by atoms with Gasteiger partial charge in [0.1, 0.15) is 0 Å². The van der Waals surface area contributed by atoms with Gasteiger partial charge in [0.05, 0.1) is 18.2 Å². The van der Waals surface area contributed by atoms with Gasteiger partial charge >= 0.3 is 0 Å². The van der Waals surface area contributed by atoms with Crippen molar-refractivity contribution in [2.75, 3.05) is 33.4 Å². The van der Waals surface area contributed by atoms with Gasteiger partial charge in [0.25, 0.3) is 5.91 Å². The van der Waals surface area contributed by atoms with Crippen LogP contribution >= 0.6 is 15.9 Å². The topological polar surface area (TPSA) is 59.6 Å².